The summed E-state index contributed by atoms with van der Waals surface area (Å²) in [5.41, 5.74) is 3.01. The fourth-order valence-corrected chi connectivity index (χ4v) is 3.41. The lowest BCUT2D eigenvalue weighted by Gasteiger charge is -2.27. The fraction of sp³-hybridized carbons (Fsp3) is 0.0417. The van der Waals surface area contributed by atoms with Crippen LogP contribution in [0.4, 0.5) is 11.4 Å². The molecule has 5 heteroatoms. The number of hydrogen-bond acceptors (Lipinski definition) is 3. The summed E-state index contributed by atoms with van der Waals surface area (Å²) < 4.78 is 0. The van der Waals surface area contributed by atoms with Crippen LogP contribution in [0, 0.1) is 0 Å². The molecule has 3 nitrogen and oxygen atoms in total. The topological polar surface area (TPSA) is 19.4 Å². The Kier molecular flexibility index (Phi) is 7.12. The second-order valence-electron chi connectivity index (χ2n) is 6.29. The smallest absolute Gasteiger partial charge is 0.187 e. The molecule has 0 fully saturated rings. The number of nitrogens with zero attached hydrogens (tertiary/aromatic N) is 3. The van der Waals surface area contributed by atoms with Gasteiger partial charge in [-0.05, 0) is 36.4 Å². The van der Waals surface area contributed by atoms with Gasteiger partial charge in [-0.2, -0.15) is 0 Å². The van der Waals surface area contributed by atoms with Crippen LogP contribution in [0.2, 0.25) is 0 Å². The number of alkyl halides is 1. The number of benzene rings is 3. The van der Waals surface area contributed by atoms with Gasteiger partial charge in [0.25, 0.3) is 0 Å². The van der Waals surface area contributed by atoms with E-state index in [1.165, 1.54) is 5.39 Å². The van der Waals surface area contributed by atoms with Gasteiger partial charge in [0.15, 0.2) is 5.62 Å². The van der Waals surface area contributed by atoms with Crippen molar-refractivity contribution in [2.75, 3.05) is 9.80 Å². The lowest BCUT2D eigenvalue weighted by molar-refractivity contribution is 0.899. The molecule has 1 aliphatic heterocycles. The van der Waals surface area contributed by atoms with Crippen molar-refractivity contribution < 1.29 is 0 Å². The maximum Gasteiger partial charge on any atom is 0.187 e. The second kappa shape index (κ2) is 9.97. The van der Waals surface area contributed by atoms with Crippen LogP contribution in [0.15, 0.2) is 116 Å². The molecule has 0 saturated heterocycles. The van der Waals surface area contributed by atoms with E-state index in [-0.39, 0.29) is 18.0 Å². The van der Waals surface area contributed by atoms with Gasteiger partial charge in [-0.25, -0.2) is 0 Å². The molecule has 2 heterocycles. The molecule has 0 radical (unpaired) electrons. The van der Waals surface area contributed by atoms with Crippen LogP contribution in [0.5, 0.6) is 0 Å². The molecule has 0 bridgehead atoms. The van der Waals surface area contributed by atoms with E-state index in [1.54, 1.807) is 0 Å². The first-order valence-corrected chi connectivity index (χ1v) is 9.55. The van der Waals surface area contributed by atoms with Crippen LogP contribution in [-0.2, 0) is 0 Å². The standard InChI is InChI=1S/C15H13ClN2.C9H7N.ClH/c16-15-17(13-7-3-1-4-8-13)11-12-18(15)14-9-5-2-6-10-14;1-2-6-9-8(4-1)5-3-7-10-9;/h1-12,15H;1-7H;1H. The van der Waals surface area contributed by atoms with Crippen molar-refractivity contribution in [1.82, 2.24) is 4.98 Å². The Morgan fingerprint density at radius 1 is 0.621 bits per heavy atom. The molecule has 29 heavy (non-hydrogen) atoms. The largest absolute Gasteiger partial charge is 0.313 e. The van der Waals surface area contributed by atoms with Gasteiger partial charge in [-0.15, -0.1) is 12.4 Å². The van der Waals surface area contributed by atoms with Gasteiger partial charge in [0, 0.05) is 35.4 Å². The van der Waals surface area contributed by atoms with Crippen molar-refractivity contribution in [2.45, 2.75) is 5.62 Å². The third kappa shape index (κ3) is 4.89. The Bertz CT molecular complexity index is 940. The minimum Gasteiger partial charge on any atom is -0.313 e. The summed E-state index contributed by atoms with van der Waals surface area (Å²) in [4.78, 5) is 8.25. The third-order valence-corrected chi connectivity index (χ3v) is 4.89. The molecule has 1 aromatic heterocycles. The minimum absolute atomic E-state index is 0. The van der Waals surface area contributed by atoms with Crippen molar-refractivity contribution in [3.05, 3.63) is 116 Å². The van der Waals surface area contributed by atoms with E-state index in [9.17, 15) is 0 Å². The Hall–Kier alpha value is -3.01. The fourth-order valence-electron chi connectivity index (χ4n) is 3.05. The predicted molar refractivity (Wildman–Crippen MR) is 126 cm³/mol. The highest BCUT2D eigenvalue weighted by Gasteiger charge is 2.25. The van der Waals surface area contributed by atoms with E-state index >= 15 is 0 Å². The summed E-state index contributed by atoms with van der Waals surface area (Å²) in [6.07, 6.45) is 5.81. The van der Waals surface area contributed by atoms with Crippen molar-refractivity contribution in [3.8, 4) is 0 Å². The van der Waals surface area contributed by atoms with E-state index < -0.39 is 0 Å². The van der Waals surface area contributed by atoms with Crippen LogP contribution in [-0.4, -0.2) is 10.6 Å². The molecule has 4 aromatic rings. The van der Waals surface area contributed by atoms with E-state index in [0.717, 1.165) is 16.9 Å². The Balaban J connectivity index is 0.000000186. The van der Waals surface area contributed by atoms with E-state index in [0.29, 0.717) is 0 Å². The van der Waals surface area contributed by atoms with Gasteiger partial charge in [-0.3, -0.25) is 4.98 Å². The number of para-hydroxylation sites is 3. The number of aromatic nitrogens is 1. The monoisotopic (exact) mass is 421 g/mol. The number of anilines is 2. The first kappa shape index (κ1) is 20.7. The normalized spacial score (nSPS) is 13.0. The van der Waals surface area contributed by atoms with Crippen molar-refractivity contribution in [2.24, 2.45) is 0 Å². The molecule has 0 unspecified atom stereocenters. The average Bonchev–Trinajstić information content (AvgIpc) is 3.17. The van der Waals surface area contributed by atoms with Crippen molar-refractivity contribution in [3.63, 3.8) is 0 Å². The third-order valence-electron chi connectivity index (χ3n) is 4.47. The zero-order valence-corrected chi connectivity index (χ0v) is 17.2. The van der Waals surface area contributed by atoms with Gasteiger partial charge < -0.3 is 9.80 Å². The Morgan fingerprint density at radius 2 is 1.10 bits per heavy atom. The van der Waals surface area contributed by atoms with E-state index in [2.05, 4.69) is 17.1 Å². The number of fused-ring (bicyclic) bond motifs is 1. The zero-order valence-electron chi connectivity index (χ0n) is 15.7. The zero-order chi connectivity index (χ0) is 19.2. The molecule has 0 atom stereocenters. The molecule has 1 aliphatic rings. The lowest BCUT2D eigenvalue weighted by Crippen LogP contribution is -2.33. The molecule has 5 rings (SSSR count). The summed E-state index contributed by atoms with van der Waals surface area (Å²) in [6.45, 7) is 0. The van der Waals surface area contributed by atoms with Crippen LogP contribution >= 0.6 is 24.0 Å². The summed E-state index contributed by atoms with van der Waals surface area (Å²) in [5.74, 6) is 0. The van der Waals surface area contributed by atoms with E-state index in [4.69, 9.17) is 11.6 Å². The molecule has 0 spiro atoms. The van der Waals surface area contributed by atoms with Gasteiger partial charge in [0.05, 0.1) is 5.52 Å². The molecule has 146 valence electrons. The highest BCUT2D eigenvalue weighted by Crippen LogP contribution is 2.30. The molecule has 3 aromatic carbocycles. The lowest BCUT2D eigenvalue weighted by atomic mass is 10.2. The first-order chi connectivity index (χ1) is 13.8. The highest BCUT2D eigenvalue weighted by molar-refractivity contribution is 6.23. The quantitative estimate of drug-likeness (QED) is 0.266. The second-order valence-corrected chi connectivity index (χ2v) is 6.68. The van der Waals surface area contributed by atoms with E-state index in [1.807, 2.05) is 113 Å². The molecule has 0 amide bonds. The van der Waals surface area contributed by atoms with Gasteiger partial charge in [-0.1, -0.05) is 72.3 Å². The van der Waals surface area contributed by atoms with Crippen LogP contribution in [0.3, 0.4) is 0 Å². The number of rotatable bonds is 2. The van der Waals surface area contributed by atoms with Gasteiger partial charge in [0.2, 0.25) is 0 Å². The number of hydrogen-bond donors (Lipinski definition) is 0. The van der Waals surface area contributed by atoms with Gasteiger partial charge >= 0.3 is 0 Å². The first-order valence-electron chi connectivity index (χ1n) is 9.12. The molecular weight excluding hydrogens is 401 g/mol. The molecule has 0 aliphatic carbocycles. The molecular formula is C24H21Cl2N3. The van der Waals surface area contributed by atoms with Crippen LogP contribution < -0.4 is 9.80 Å². The number of pyridine rings is 1. The highest BCUT2D eigenvalue weighted by atomic mass is 35.5. The summed E-state index contributed by atoms with van der Waals surface area (Å²) in [5, 5.41) is 1.20. The summed E-state index contributed by atoms with van der Waals surface area (Å²) >= 11 is 6.50. The van der Waals surface area contributed by atoms with Gasteiger partial charge in [0.1, 0.15) is 0 Å². The SMILES string of the molecule is Cl.ClC1N(c2ccccc2)C=CN1c1ccccc1.c1ccc2ncccc2c1. The van der Waals surface area contributed by atoms with Crippen LogP contribution in [0.25, 0.3) is 10.9 Å². The Morgan fingerprint density at radius 3 is 1.66 bits per heavy atom. The minimum atomic E-state index is -0.227. The maximum absolute atomic E-state index is 6.50. The number of halogens is 2. The summed E-state index contributed by atoms with van der Waals surface area (Å²) in [6, 6.07) is 32.3. The molecule has 0 N–H and O–H groups in total. The predicted octanol–water partition coefficient (Wildman–Crippen LogP) is 6.66. The maximum atomic E-state index is 6.50. The average molecular weight is 422 g/mol. The summed E-state index contributed by atoms with van der Waals surface area (Å²) in [7, 11) is 0. The Labute approximate surface area is 182 Å². The molecule has 0 saturated carbocycles. The van der Waals surface area contributed by atoms with Crippen LogP contribution in [0.1, 0.15) is 0 Å². The van der Waals surface area contributed by atoms with Crippen molar-refractivity contribution >= 4 is 46.3 Å². The van der Waals surface area contributed by atoms with Crippen molar-refractivity contribution in [1.29, 1.82) is 0 Å².